The van der Waals surface area contributed by atoms with Gasteiger partial charge in [0.15, 0.2) is 0 Å². The Bertz CT molecular complexity index is 323. The molecule has 0 amide bonds. The minimum Gasteiger partial charge on any atom is -0.385 e. The molecule has 1 aliphatic carbocycles. The first-order valence-electron chi connectivity index (χ1n) is 4.19. The number of pyridine rings is 1. The average molecular weight is 182 g/mol. The molecule has 0 aromatic carbocycles. The van der Waals surface area contributed by atoms with Gasteiger partial charge in [0.2, 0.25) is 0 Å². The second kappa shape index (κ2) is 2.75. The number of nitrogens with two attached hydrogens (primary N) is 1. The van der Waals surface area contributed by atoms with Crippen LogP contribution < -0.4 is 5.73 Å². The molecule has 1 aromatic heterocycles. The van der Waals surface area contributed by atoms with Crippen molar-refractivity contribution in [1.82, 2.24) is 4.98 Å². The zero-order valence-electron chi connectivity index (χ0n) is 7.07. The highest BCUT2D eigenvalue weighted by Crippen LogP contribution is 2.39. The highest BCUT2D eigenvalue weighted by molar-refractivity contribution is 5.23. The zero-order chi connectivity index (χ0) is 9.47. The van der Waals surface area contributed by atoms with Gasteiger partial charge in [0, 0.05) is 17.8 Å². The van der Waals surface area contributed by atoms with E-state index in [-0.39, 0.29) is 6.04 Å². The Morgan fingerprint density at radius 1 is 1.54 bits per heavy atom. The molecule has 3 N–H and O–H groups in total. The molecule has 1 heterocycles. The molecule has 1 saturated carbocycles. The van der Waals surface area contributed by atoms with Gasteiger partial charge < -0.3 is 10.8 Å². The summed E-state index contributed by atoms with van der Waals surface area (Å²) in [4.78, 5) is 3.68. The fourth-order valence-electron chi connectivity index (χ4n) is 1.71. The van der Waals surface area contributed by atoms with Gasteiger partial charge in [0.05, 0.1) is 11.8 Å². The van der Waals surface area contributed by atoms with Crippen molar-refractivity contribution in [2.75, 3.05) is 0 Å². The van der Waals surface area contributed by atoms with Crippen LogP contribution in [0.25, 0.3) is 0 Å². The third kappa shape index (κ3) is 1.43. The third-order valence-electron chi connectivity index (χ3n) is 2.44. The van der Waals surface area contributed by atoms with Crippen molar-refractivity contribution in [3.63, 3.8) is 0 Å². The summed E-state index contributed by atoms with van der Waals surface area (Å²) in [6.45, 7) is 0. The summed E-state index contributed by atoms with van der Waals surface area (Å²) in [5.41, 5.74) is 5.13. The smallest absolute Gasteiger partial charge is 0.141 e. The summed E-state index contributed by atoms with van der Waals surface area (Å²) >= 11 is 0. The molecule has 1 aromatic rings. The molecule has 2 rings (SSSR count). The van der Waals surface area contributed by atoms with Crippen molar-refractivity contribution in [3.05, 3.63) is 29.8 Å². The van der Waals surface area contributed by atoms with E-state index in [2.05, 4.69) is 4.98 Å². The van der Waals surface area contributed by atoms with E-state index in [4.69, 9.17) is 5.73 Å². The van der Waals surface area contributed by atoms with Gasteiger partial charge in [-0.2, -0.15) is 0 Å². The molecule has 0 unspecified atom stereocenters. The Hall–Kier alpha value is -1.00. The second-order valence-corrected chi connectivity index (χ2v) is 3.59. The van der Waals surface area contributed by atoms with E-state index in [1.807, 2.05) is 0 Å². The van der Waals surface area contributed by atoms with Crippen LogP contribution in [0.2, 0.25) is 0 Å². The van der Waals surface area contributed by atoms with E-state index < -0.39 is 11.4 Å². The third-order valence-corrected chi connectivity index (χ3v) is 2.44. The quantitative estimate of drug-likeness (QED) is 0.666. The Morgan fingerprint density at radius 2 is 2.23 bits per heavy atom. The summed E-state index contributed by atoms with van der Waals surface area (Å²) in [6, 6.07) is 1.33. The standard InChI is InChI=1S/C9H11FN2O/c10-7-1-6(4-12-5-7)9(13)2-8(11)3-9/h1,4-5,8,13H,2-3,11H2. The van der Waals surface area contributed by atoms with Crippen LogP contribution in [0.4, 0.5) is 4.39 Å². The number of rotatable bonds is 1. The Balaban J connectivity index is 2.26. The van der Waals surface area contributed by atoms with Gasteiger partial charge in [-0.1, -0.05) is 0 Å². The molecular formula is C9H11FN2O. The molecule has 1 fully saturated rings. The van der Waals surface area contributed by atoms with E-state index in [1.54, 1.807) is 0 Å². The zero-order valence-corrected chi connectivity index (χ0v) is 7.07. The number of aliphatic hydroxyl groups is 1. The molecular weight excluding hydrogens is 171 g/mol. The number of aromatic nitrogens is 1. The van der Waals surface area contributed by atoms with Crippen molar-refractivity contribution in [3.8, 4) is 0 Å². The number of halogens is 1. The summed E-state index contributed by atoms with van der Waals surface area (Å²) in [7, 11) is 0. The number of hydrogen-bond donors (Lipinski definition) is 2. The fraction of sp³-hybridized carbons (Fsp3) is 0.444. The maximum Gasteiger partial charge on any atom is 0.141 e. The topological polar surface area (TPSA) is 59.1 Å². The normalized spacial score (nSPS) is 32.7. The molecule has 0 atom stereocenters. The van der Waals surface area contributed by atoms with Gasteiger partial charge >= 0.3 is 0 Å². The molecule has 0 saturated heterocycles. The molecule has 3 nitrogen and oxygen atoms in total. The van der Waals surface area contributed by atoms with Crippen molar-refractivity contribution in [2.24, 2.45) is 5.73 Å². The fourth-order valence-corrected chi connectivity index (χ4v) is 1.71. The van der Waals surface area contributed by atoms with E-state index in [0.717, 1.165) is 6.20 Å². The summed E-state index contributed by atoms with van der Waals surface area (Å²) in [5.74, 6) is -0.425. The molecule has 0 radical (unpaired) electrons. The maximum atomic E-state index is 12.8. The lowest BCUT2D eigenvalue weighted by molar-refractivity contribution is -0.0527. The molecule has 70 valence electrons. The number of hydrogen-bond acceptors (Lipinski definition) is 3. The van der Waals surface area contributed by atoms with Crippen molar-refractivity contribution >= 4 is 0 Å². The first-order valence-corrected chi connectivity index (χ1v) is 4.19. The van der Waals surface area contributed by atoms with Crippen LogP contribution in [0, 0.1) is 5.82 Å². The largest absolute Gasteiger partial charge is 0.385 e. The van der Waals surface area contributed by atoms with Gasteiger partial charge in [-0.25, -0.2) is 4.39 Å². The minimum atomic E-state index is -0.950. The summed E-state index contributed by atoms with van der Waals surface area (Å²) < 4.78 is 12.8. The first-order chi connectivity index (χ1) is 6.10. The van der Waals surface area contributed by atoms with Gasteiger partial charge in [-0.15, -0.1) is 0 Å². The van der Waals surface area contributed by atoms with Crippen molar-refractivity contribution in [2.45, 2.75) is 24.5 Å². The van der Waals surface area contributed by atoms with Crippen LogP contribution in [0.3, 0.4) is 0 Å². The van der Waals surface area contributed by atoms with Crippen molar-refractivity contribution < 1.29 is 9.50 Å². The van der Waals surface area contributed by atoms with E-state index in [0.29, 0.717) is 18.4 Å². The lowest BCUT2D eigenvalue weighted by Crippen LogP contribution is -2.49. The van der Waals surface area contributed by atoms with E-state index in [1.165, 1.54) is 12.3 Å². The average Bonchev–Trinajstić information content (AvgIpc) is 2.02. The molecule has 0 aliphatic heterocycles. The molecule has 1 aliphatic rings. The number of nitrogens with zero attached hydrogens (tertiary/aromatic N) is 1. The lowest BCUT2D eigenvalue weighted by atomic mass is 9.72. The predicted molar refractivity (Wildman–Crippen MR) is 45.3 cm³/mol. The van der Waals surface area contributed by atoms with Crippen LogP contribution >= 0.6 is 0 Å². The second-order valence-electron chi connectivity index (χ2n) is 3.59. The monoisotopic (exact) mass is 182 g/mol. The Kier molecular flexibility index (Phi) is 1.82. The molecule has 0 bridgehead atoms. The SMILES string of the molecule is NC1CC(O)(c2cncc(F)c2)C1. The molecule has 4 heteroatoms. The first kappa shape index (κ1) is 8.59. The minimum absolute atomic E-state index is 0.0215. The van der Waals surface area contributed by atoms with Crippen LogP contribution in [0.15, 0.2) is 18.5 Å². The Labute approximate surface area is 75.4 Å². The summed E-state index contributed by atoms with van der Waals surface area (Å²) in [6.07, 6.45) is 3.57. The van der Waals surface area contributed by atoms with Gasteiger partial charge in [0.1, 0.15) is 5.82 Å². The molecule has 0 spiro atoms. The highest BCUT2D eigenvalue weighted by atomic mass is 19.1. The van der Waals surface area contributed by atoms with Crippen LogP contribution in [0.5, 0.6) is 0 Å². The molecule has 13 heavy (non-hydrogen) atoms. The maximum absolute atomic E-state index is 12.8. The van der Waals surface area contributed by atoms with Crippen LogP contribution in [-0.4, -0.2) is 16.1 Å². The van der Waals surface area contributed by atoms with Crippen molar-refractivity contribution in [1.29, 1.82) is 0 Å². The van der Waals surface area contributed by atoms with Gasteiger partial charge in [0.25, 0.3) is 0 Å². The highest BCUT2D eigenvalue weighted by Gasteiger charge is 2.42. The van der Waals surface area contributed by atoms with E-state index >= 15 is 0 Å². The van der Waals surface area contributed by atoms with Gasteiger partial charge in [-0.3, -0.25) is 4.98 Å². The van der Waals surface area contributed by atoms with Crippen LogP contribution in [0.1, 0.15) is 18.4 Å². The van der Waals surface area contributed by atoms with Gasteiger partial charge in [-0.05, 0) is 18.9 Å². The van der Waals surface area contributed by atoms with E-state index in [9.17, 15) is 9.50 Å². The predicted octanol–water partition coefficient (Wildman–Crippen LogP) is 0.529. The lowest BCUT2D eigenvalue weighted by Gasteiger charge is -2.41. The Morgan fingerprint density at radius 3 is 2.77 bits per heavy atom. The summed E-state index contributed by atoms with van der Waals surface area (Å²) in [5, 5.41) is 9.89. The van der Waals surface area contributed by atoms with Crippen LogP contribution in [-0.2, 0) is 5.60 Å².